The van der Waals surface area contributed by atoms with Crippen molar-refractivity contribution in [3.63, 3.8) is 0 Å². The Hall–Kier alpha value is -3.42. The van der Waals surface area contributed by atoms with E-state index in [0.717, 1.165) is 58.2 Å². The Balaban J connectivity index is 1.44. The van der Waals surface area contributed by atoms with Crippen molar-refractivity contribution in [2.45, 2.75) is 38.8 Å². The van der Waals surface area contributed by atoms with E-state index in [4.69, 9.17) is 28.8 Å². The lowest BCUT2D eigenvalue weighted by atomic mass is 9.98. The molecule has 2 saturated heterocycles. The van der Waals surface area contributed by atoms with Gasteiger partial charge in [0.2, 0.25) is 0 Å². The van der Waals surface area contributed by atoms with Crippen LogP contribution in [0, 0.1) is 12.8 Å². The minimum atomic E-state index is -0.149. The molecule has 0 saturated carbocycles. The fourth-order valence-electron chi connectivity index (χ4n) is 5.71. The van der Waals surface area contributed by atoms with E-state index in [2.05, 4.69) is 81.0 Å². The molecule has 1 N–H and O–H groups in total. The van der Waals surface area contributed by atoms with Crippen LogP contribution in [-0.4, -0.2) is 32.7 Å². The summed E-state index contributed by atoms with van der Waals surface area (Å²) in [5.74, 6) is 0.765. The van der Waals surface area contributed by atoms with Crippen LogP contribution in [0.5, 0.6) is 0 Å². The van der Waals surface area contributed by atoms with Crippen LogP contribution in [0.2, 0.25) is 5.02 Å². The number of anilines is 2. The first-order chi connectivity index (χ1) is 18.5. The summed E-state index contributed by atoms with van der Waals surface area (Å²) in [6.45, 7) is 6.51. The summed E-state index contributed by atoms with van der Waals surface area (Å²) in [7, 11) is 0. The highest BCUT2D eigenvalue weighted by Crippen LogP contribution is 2.44. The largest absolute Gasteiger partial charge is 0.370 e. The van der Waals surface area contributed by atoms with Crippen LogP contribution in [0.15, 0.2) is 79.3 Å². The average molecular weight is 543 g/mol. The Kier molecular flexibility index (Phi) is 6.80. The van der Waals surface area contributed by atoms with Gasteiger partial charge in [0.1, 0.15) is 6.04 Å². The van der Waals surface area contributed by atoms with Crippen LogP contribution < -0.4 is 15.1 Å². The van der Waals surface area contributed by atoms with E-state index in [1.807, 2.05) is 30.6 Å². The summed E-state index contributed by atoms with van der Waals surface area (Å²) in [5.41, 5.74) is 6.22. The first kappa shape index (κ1) is 24.9. The van der Waals surface area contributed by atoms with Gasteiger partial charge in [-0.25, -0.2) is 0 Å². The summed E-state index contributed by atoms with van der Waals surface area (Å²) in [5, 5.41) is 4.97. The summed E-state index contributed by atoms with van der Waals surface area (Å²) >= 11 is 12.9. The molecule has 0 aliphatic carbocycles. The summed E-state index contributed by atoms with van der Waals surface area (Å²) < 4.78 is 2.25. The van der Waals surface area contributed by atoms with Crippen LogP contribution in [0.1, 0.15) is 48.9 Å². The standard InChI is InChI=1S/C30H31ClN6S/c1-20-12-16-35(17-13-20)26-11-9-22(18-24(26)31)37-29(28(34-30(37)38)25-7-3-4-15-33-25)27-10-8-21(2)36(27)23-6-5-14-32-19-23/h3-11,14-15,18-20,28-29H,12-13,16-17H2,1-2H3,(H,34,38)/t28-,29-/m1/s1. The third-order valence-corrected chi connectivity index (χ3v) is 8.36. The van der Waals surface area contributed by atoms with E-state index in [9.17, 15) is 0 Å². The first-order valence-electron chi connectivity index (χ1n) is 13.1. The summed E-state index contributed by atoms with van der Waals surface area (Å²) in [6, 6.07) is 20.4. The van der Waals surface area contributed by atoms with Crippen molar-refractivity contribution in [3.8, 4) is 5.69 Å². The molecule has 0 amide bonds. The van der Waals surface area contributed by atoms with Crippen LogP contribution >= 0.6 is 23.8 Å². The maximum atomic E-state index is 6.95. The van der Waals surface area contributed by atoms with E-state index in [0.29, 0.717) is 5.11 Å². The quantitative estimate of drug-likeness (QED) is 0.285. The molecule has 0 radical (unpaired) electrons. The molecule has 2 atom stereocenters. The zero-order valence-electron chi connectivity index (χ0n) is 21.6. The fraction of sp³-hybridized carbons (Fsp3) is 0.300. The second-order valence-corrected chi connectivity index (χ2v) is 11.0. The highest BCUT2D eigenvalue weighted by molar-refractivity contribution is 7.80. The number of rotatable bonds is 5. The molecule has 2 aliphatic rings. The predicted molar refractivity (Wildman–Crippen MR) is 158 cm³/mol. The molecule has 4 aromatic rings. The van der Waals surface area contributed by atoms with Gasteiger partial charge in [0.25, 0.3) is 0 Å². The molecule has 5 heterocycles. The van der Waals surface area contributed by atoms with Gasteiger partial charge >= 0.3 is 0 Å². The molecule has 0 unspecified atom stereocenters. The second kappa shape index (κ2) is 10.4. The van der Waals surface area contributed by atoms with Gasteiger partial charge in [-0.2, -0.15) is 0 Å². The van der Waals surface area contributed by atoms with E-state index in [-0.39, 0.29) is 12.1 Å². The number of nitrogens with zero attached hydrogens (tertiary/aromatic N) is 5. The molecular weight excluding hydrogens is 512 g/mol. The number of pyridine rings is 2. The average Bonchev–Trinajstić information content (AvgIpc) is 3.49. The van der Waals surface area contributed by atoms with Gasteiger partial charge in [0.05, 0.1) is 34.3 Å². The molecule has 0 spiro atoms. The van der Waals surface area contributed by atoms with E-state index >= 15 is 0 Å². The van der Waals surface area contributed by atoms with Gasteiger partial charge in [0, 0.05) is 42.6 Å². The topological polar surface area (TPSA) is 49.2 Å². The van der Waals surface area contributed by atoms with Crippen LogP contribution in [0.4, 0.5) is 11.4 Å². The van der Waals surface area contributed by atoms with Gasteiger partial charge in [-0.15, -0.1) is 0 Å². The molecule has 6 nitrogen and oxygen atoms in total. The lowest BCUT2D eigenvalue weighted by Crippen LogP contribution is -2.33. The summed E-state index contributed by atoms with van der Waals surface area (Å²) in [6.07, 6.45) is 7.90. The molecule has 2 fully saturated rings. The number of halogens is 1. The highest BCUT2D eigenvalue weighted by Gasteiger charge is 2.42. The Bertz CT molecular complexity index is 1430. The zero-order chi connectivity index (χ0) is 26.2. The van der Waals surface area contributed by atoms with E-state index in [1.165, 1.54) is 12.8 Å². The smallest absolute Gasteiger partial charge is 0.174 e. The van der Waals surface area contributed by atoms with Crippen molar-refractivity contribution in [1.29, 1.82) is 0 Å². The first-order valence-corrected chi connectivity index (χ1v) is 13.9. The molecule has 38 heavy (non-hydrogen) atoms. The zero-order valence-corrected chi connectivity index (χ0v) is 23.2. The minimum absolute atomic E-state index is 0.143. The van der Waals surface area contributed by atoms with Gasteiger partial charge in [-0.1, -0.05) is 24.6 Å². The Morgan fingerprint density at radius 2 is 1.82 bits per heavy atom. The molecule has 0 bridgehead atoms. The van der Waals surface area contributed by atoms with Crippen molar-refractivity contribution in [1.82, 2.24) is 19.9 Å². The van der Waals surface area contributed by atoms with Gasteiger partial charge in [-0.3, -0.25) is 9.97 Å². The Morgan fingerprint density at radius 3 is 2.53 bits per heavy atom. The lowest BCUT2D eigenvalue weighted by Gasteiger charge is -2.33. The number of thiocarbonyl (C=S) groups is 1. The van der Waals surface area contributed by atoms with Crippen molar-refractivity contribution in [3.05, 3.63) is 101 Å². The third-order valence-electron chi connectivity index (χ3n) is 7.75. The van der Waals surface area contributed by atoms with Crippen molar-refractivity contribution in [2.75, 3.05) is 22.9 Å². The van der Waals surface area contributed by atoms with E-state index < -0.39 is 0 Å². The number of benzene rings is 1. The van der Waals surface area contributed by atoms with Crippen molar-refractivity contribution >= 4 is 40.3 Å². The number of aromatic nitrogens is 3. The summed E-state index contributed by atoms with van der Waals surface area (Å²) in [4.78, 5) is 13.7. The van der Waals surface area contributed by atoms with Gasteiger partial charge < -0.3 is 19.7 Å². The number of hydrogen-bond donors (Lipinski definition) is 1. The monoisotopic (exact) mass is 542 g/mol. The highest BCUT2D eigenvalue weighted by atomic mass is 35.5. The number of nitrogens with one attached hydrogen (secondary N) is 1. The van der Waals surface area contributed by atoms with Gasteiger partial charge in [-0.05, 0) is 92.5 Å². The van der Waals surface area contributed by atoms with E-state index in [1.54, 1.807) is 6.20 Å². The fourth-order valence-corrected chi connectivity index (χ4v) is 6.35. The molecule has 6 rings (SSSR count). The maximum Gasteiger partial charge on any atom is 0.174 e. The molecule has 2 aliphatic heterocycles. The predicted octanol–water partition coefficient (Wildman–Crippen LogP) is 6.64. The number of piperidine rings is 1. The minimum Gasteiger partial charge on any atom is -0.370 e. The maximum absolute atomic E-state index is 6.95. The lowest BCUT2D eigenvalue weighted by molar-refractivity contribution is 0.438. The molecule has 1 aromatic carbocycles. The van der Waals surface area contributed by atoms with Crippen LogP contribution in [0.25, 0.3) is 5.69 Å². The SMILES string of the molecule is Cc1ccc([C@@H]2[C@@H](c3ccccn3)NC(=S)N2c2ccc(N3CCC(C)CC3)c(Cl)c2)n1-c1cccnc1. The molecular formula is C30H31ClN6S. The molecule has 3 aromatic heterocycles. The third kappa shape index (κ3) is 4.54. The van der Waals surface area contributed by atoms with Crippen molar-refractivity contribution < 1.29 is 0 Å². The normalized spacial score (nSPS) is 20.1. The van der Waals surface area contributed by atoms with Gasteiger partial charge in [0.15, 0.2) is 5.11 Å². The second-order valence-electron chi connectivity index (χ2n) is 10.2. The molecule has 8 heteroatoms. The van der Waals surface area contributed by atoms with Crippen molar-refractivity contribution in [2.24, 2.45) is 5.92 Å². The van der Waals surface area contributed by atoms with Crippen LogP contribution in [-0.2, 0) is 0 Å². The Morgan fingerprint density at radius 1 is 0.974 bits per heavy atom. The van der Waals surface area contributed by atoms with Crippen LogP contribution in [0.3, 0.4) is 0 Å². The number of hydrogen-bond acceptors (Lipinski definition) is 4. The molecule has 194 valence electrons. The number of aryl methyl sites for hydroxylation is 1. The Labute approximate surface area is 234 Å².